The van der Waals surface area contributed by atoms with Crippen LogP contribution >= 0.6 is 15.9 Å². The van der Waals surface area contributed by atoms with Crippen molar-refractivity contribution in [2.24, 2.45) is 17.7 Å². The van der Waals surface area contributed by atoms with Gasteiger partial charge >= 0.3 is 0 Å². The van der Waals surface area contributed by atoms with Gasteiger partial charge in [-0.25, -0.2) is 0 Å². The van der Waals surface area contributed by atoms with E-state index in [1.165, 1.54) is 17.5 Å². The topological polar surface area (TPSA) is 47.3 Å². The molecule has 1 aliphatic heterocycles. The smallest absolute Gasteiger partial charge is 0.125 e. The van der Waals surface area contributed by atoms with Crippen LogP contribution in [0.5, 0.6) is 5.75 Å². The summed E-state index contributed by atoms with van der Waals surface area (Å²) in [5.74, 6) is 8.31. The van der Waals surface area contributed by atoms with Gasteiger partial charge in [0.05, 0.1) is 6.61 Å². The highest BCUT2D eigenvalue weighted by molar-refractivity contribution is 9.10. The van der Waals surface area contributed by atoms with E-state index in [4.69, 9.17) is 10.6 Å². The summed E-state index contributed by atoms with van der Waals surface area (Å²) >= 11 is 3.58. The lowest BCUT2D eigenvalue weighted by atomic mass is 9.98. The third kappa shape index (κ3) is 2.29. The quantitative estimate of drug-likeness (QED) is 0.663. The Balaban J connectivity index is 1.83. The summed E-state index contributed by atoms with van der Waals surface area (Å²) in [5.41, 5.74) is 5.58. The molecule has 0 radical (unpaired) electrons. The largest absolute Gasteiger partial charge is 0.493 e. The fourth-order valence-corrected chi connectivity index (χ4v) is 3.53. The van der Waals surface area contributed by atoms with Crippen LogP contribution in [0.1, 0.15) is 24.5 Å². The van der Waals surface area contributed by atoms with Crippen molar-refractivity contribution in [1.82, 2.24) is 5.43 Å². The van der Waals surface area contributed by atoms with Gasteiger partial charge in [-0.1, -0.05) is 22.9 Å². The second-order valence-electron chi connectivity index (χ2n) is 5.51. The lowest BCUT2D eigenvalue weighted by Crippen LogP contribution is -2.39. The number of hydrogen-bond donors (Lipinski definition) is 2. The maximum Gasteiger partial charge on any atom is 0.125 e. The van der Waals surface area contributed by atoms with Crippen LogP contribution in [0.25, 0.3) is 0 Å². The predicted octanol–water partition coefficient (Wildman–Crippen LogP) is 2.41. The second-order valence-corrected chi connectivity index (χ2v) is 6.42. The minimum Gasteiger partial charge on any atom is -0.493 e. The number of ether oxygens (including phenoxy) is 1. The molecule has 1 saturated carbocycles. The molecular weight excluding hydrogens is 292 g/mol. The molecule has 3 atom stereocenters. The molecule has 0 spiro atoms. The first kappa shape index (κ1) is 12.5. The Morgan fingerprint density at radius 2 is 2.33 bits per heavy atom. The van der Waals surface area contributed by atoms with E-state index in [0.717, 1.165) is 35.6 Å². The number of benzene rings is 1. The number of nitrogens with one attached hydrogen (secondary N) is 1. The van der Waals surface area contributed by atoms with Crippen molar-refractivity contribution < 1.29 is 4.74 Å². The summed E-state index contributed by atoms with van der Waals surface area (Å²) in [5, 5.41) is 0. The molecule has 1 fully saturated rings. The Morgan fingerprint density at radius 3 is 3.00 bits per heavy atom. The number of fused-ring (bicyclic) bond motifs is 1. The van der Waals surface area contributed by atoms with Gasteiger partial charge in [-0.15, -0.1) is 0 Å². The summed E-state index contributed by atoms with van der Waals surface area (Å²) in [6.07, 6.45) is 3.25. The summed E-state index contributed by atoms with van der Waals surface area (Å²) in [4.78, 5) is 0. The molecule has 0 amide bonds. The van der Waals surface area contributed by atoms with Crippen LogP contribution in [-0.4, -0.2) is 12.6 Å². The highest BCUT2D eigenvalue weighted by atomic mass is 79.9. The zero-order valence-electron chi connectivity index (χ0n) is 10.6. The molecule has 0 aromatic heterocycles. The van der Waals surface area contributed by atoms with Crippen molar-refractivity contribution in [3.05, 3.63) is 27.7 Å². The number of rotatable bonds is 4. The molecule has 2 aliphatic rings. The summed E-state index contributed by atoms with van der Waals surface area (Å²) in [6.45, 7) is 3.09. The molecule has 1 aromatic carbocycles. The van der Waals surface area contributed by atoms with E-state index in [0.29, 0.717) is 12.0 Å². The van der Waals surface area contributed by atoms with E-state index in [9.17, 15) is 0 Å². The van der Waals surface area contributed by atoms with Crippen molar-refractivity contribution in [1.29, 1.82) is 0 Å². The Morgan fingerprint density at radius 1 is 1.56 bits per heavy atom. The lowest BCUT2D eigenvalue weighted by Gasteiger charge is -2.17. The summed E-state index contributed by atoms with van der Waals surface area (Å²) < 4.78 is 6.91. The van der Waals surface area contributed by atoms with Gasteiger partial charge in [-0.3, -0.25) is 11.3 Å². The van der Waals surface area contributed by atoms with Crippen molar-refractivity contribution in [2.75, 3.05) is 6.61 Å². The first-order chi connectivity index (χ1) is 8.69. The lowest BCUT2D eigenvalue weighted by molar-refractivity contribution is 0.349. The number of halogens is 1. The predicted molar refractivity (Wildman–Crippen MR) is 75.4 cm³/mol. The highest BCUT2D eigenvalue weighted by Crippen LogP contribution is 2.42. The van der Waals surface area contributed by atoms with E-state index in [2.05, 4.69) is 40.4 Å². The molecule has 4 heteroatoms. The molecule has 1 heterocycles. The third-order valence-electron chi connectivity index (χ3n) is 4.17. The zero-order valence-corrected chi connectivity index (χ0v) is 12.2. The van der Waals surface area contributed by atoms with E-state index in [-0.39, 0.29) is 0 Å². The molecule has 1 aliphatic carbocycles. The molecule has 98 valence electrons. The van der Waals surface area contributed by atoms with Gasteiger partial charge in [0.2, 0.25) is 0 Å². The molecule has 3 nitrogen and oxygen atoms in total. The molecule has 3 unspecified atom stereocenters. The number of hydrogen-bond acceptors (Lipinski definition) is 3. The van der Waals surface area contributed by atoms with E-state index >= 15 is 0 Å². The van der Waals surface area contributed by atoms with Gasteiger partial charge in [-0.2, -0.15) is 0 Å². The van der Waals surface area contributed by atoms with Gasteiger partial charge < -0.3 is 4.74 Å². The Hall–Kier alpha value is -0.580. The molecule has 0 bridgehead atoms. The zero-order chi connectivity index (χ0) is 12.7. The van der Waals surface area contributed by atoms with Crippen molar-refractivity contribution >= 4 is 15.9 Å². The number of hydrazine groups is 1. The van der Waals surface area contributed by atoms with E-state index in [1.807, 2.05) is 0 Å². The van der Waals surface area contributed by atoms with Crippen LogP contribution in [0, 0.1) is 11.8 Å². The Kier molecular flexibility index (Phi) is 3.34. The molecule has 18 heavy (non-hydrogen) atoms. The first-order valence-corrected chi connectivity index (χ1v) is 7.38. The molecule has 0 saturated heterocycles. The van der Waals surface area contributed by atoms with Crippen LogP contribution in [0.3, 0.4) is 0 Å². The highest BCUT2D eigenvalue weighted by Gasteiger charge is 2.39. The maximum absolute atomic E-state index is 5.77. The van der Waals surface area contributed by atoms with Gasteiger partial charge in [0.25, 0.3) is 0 Å². The standard InChI is InChI=1S/C14H19BrN2O/c1-8-4-12(8)13(17-16)7-10-6-11(15)5-9-2-3-18-14(9)10/h5-6,8,12-13,17H,2-4,7,16H2,1H3. The van der Waals surface area contributed by atoms with Crippen LogP contribution in [-0.2, 0) is 12.8 Å². The van der Waals surface area contributed by atoms with Gasteiger partial charge in [0.15, 0.2) is 0 Å². The fraction of sp³-hybridized carbons (Fsp3) is 0.571. The van der Waals surface area contributed by atoms with Crippen LogP contribution in [0.15, 0.2) is 16.6 Å². The van der Waals surface area contributed by atoms with Gasteiger partial charge in [-0.05, 0) is 47.9 Å². The SMILES string of the molecule is CC1CC1C(Cc1cc(Br)cc2c1OCC2)NN. The number of nitrogens with two attached hydrogens (primary N) is 1. The van der Waals surface area contributed by atoms with Crippen LogP contribution in [0.4, 0.5) is 0 Å². The molecule has 1 aromatic rings. The molecule has 3 N–H and O–H groups in total. The maximum atomic E-state index is 5.77. The average Bonchev–Trinajstić information content (AvgIpc) is 2.88. The normalized spacial score (nSPS) is 26.6. The summed E-state index contributed by atoms with van der Waals surface area (Å²) in [6, 6.07) is 4.69. The third-order valence-corrected chi connectivity index (χ3v) is 4.63. The fourth-order valence-electron chi connectivity index (χ4n) is 2.98. The van der Waals surface area contributed by atoms with Crippen molar-refractivity contribution in [3.63, 3.8) is 0 Å². The first-order valence-electron chi connectivity index (χ1n) is 6.59. The van der Waals surface area contributed by atoms with E-state index in [1.54, 1.807) is 0 Å². The average molecular weight is 311 g/mol. The van der Waals surface area contributed by atoms with Gasteiger partial charge in [0, 0.05) is 16.9 Å². The van der Waals surface area contributed by atoms with E-state index < -0.39 is 0 Å². The van der Waals surface area contributed by atoms with Crippen molar-refractivity contribution in [3.8, 4) is 5.75 Å². The van der Waals surface area contributed by atoms with Crippen LogP contribution < -0.4 is 16.0 Å². The van der Waals surface area contributed by atoms with Crippen LogP contribution in [0.2, 0.25) is 0 Å². The Bertz CT molecular complexity index is 463. The second kappa shape index (κ2) is 4.83. The van der Waals surface area contributed by atoms with Gasteiger partial charge in [0.1, 0.15) is 5.75 Å². The van der Waals surface area contributed by atoms with Crippen molar-refractivity contribution in [2.45, 2.75) is 32.2 Å². The molecule has 3 rings (SSSR count). The minimum absolute atomic E-state index is 0.364. The minimum atomic E-state index is 0.364. The monoisotopic (exact) mass is 310 g/mol. The summed E-state index contributed by atoms with van der Waals surface area (Å²) in [7, 11) is 0. The molecular formula is C14H19BrN2O. The Labute approximate surface area is 116 Å².